The Morgan fingerprint density at radius 1 is 1.26 bits per heavy atom. The average Bonchev–Trinajstić information content (AvgIpc) is 3.32. The summed E-state index contributed by atoms with van der Waals surface area (Å²) in [5.74, 6) is -0.365. The first-order chi connectivity index (χ1) is 13.0. The fraction of sp³-hybridized carbons (Fsp3) is 0.300. The molecule has 0 aliphatic carbocycles. The maximum absolute atomic E-state index is 13.3. The summed E-state index contributed by atoms with van der Waals surface area (Å²) in [6, 6.07) is 9.91. The Morgan fingerprint density at radius 3 is 2.67 bits per heavy atom. The smallest absolute Gasteiger partial charge is 0.234 e. The quantitative estimate of drug-likeness (QED) is 0.612. The summed E-state index contributed by atoms with van der Waals surface area (Å²) >= 11 is 3.22. The van der Waals surface area contributed by atoms with Crippen molar-refractivity contribution in [2.75, 3.05) is 13.6 Å². The molecule has 3 aromatic rings. The number of aryl methyl sites for hydroxylation is 1. The van der Waals surface area contributed by atoms with E-state index in [1.165, 1.54) is 12.1 Å². The van der Waals surface area contributed by atoms with E-state index in [1.807, 2.05) is 34.8 Å². The molecular formula is C20H22FN3OS2. The Labute approximate surface area is 166 Å². The van der Waals surface area contributed by atoms with E-state index in [2.05, 4.69) is 17.2 Å². The van der Waals surface area contributed by atoms with E-state index in [-0.39, 0.29) is 24.3 Å². The molecule has 1 unspecified atom stereocenters. The van der Waals surface area contributed by atoms with Crippen LogP contribution in [0.3, 0.4) is 0 Å². The molecule has 0 radical (unpaired) electrons. The Hall–Kier alpha value is -2.09. The number of thiazole rings is 1. The van der Waals surface area contributed by atoms with Gasteiger partial charge in [-0.3, -0.25) is 9.69 Å². The van der Waals surface area contributed by atoms with Crippen molar-refractivity contribution in [3.05, 3.63) is 74.1 Å². The third-order valence-corrected chi connectivity index (χ3v) is 6.06. The zero-order valence-electron chi connectivity index (χ0n) is 15.3. The van der Waals surface area contributed by atoms with Gasteiger partial charge in [0.15, 0.2) is 0 Å². The number of halogens is 1. The molecule has 2 aromatic heterocycles. The van der Waals surface area contributed by atoms with Crippen molar-refractivity contribution in [2.45, 2.75) is 25.9 Å². The first kappa shape index (κ1) is 19.7. The number of carbonyl (C=O) groups excluding carboxylic acids is 1. The topological polar surface area (TPSA) is 45.2 Å². The van der Waals surface area contributed by atoms with Crippen LogP contribution in [0.1, 0.15) is 34.1 Å². The van der Waals surface area contributed by atoms with Crippen molar-refractivity contribution < 1.29 is 9.18 Å². The molecule has 0 aliphatic rings. The summed E-state index contributed by atoms with van der Waals surface area (Å²) < 4.78 is 13.3. The first-order valence-electron chi connectivity index (χ1n) is 8.75. The average molecular weight is 404 g/mol. The van der Waals surface area contributed by atoms with Crippen LogP contribution in [0.25, 0.3) is 0 Å². The number of rotatable bonds is 8. The molecule has 1 N–H and O–H groups in total. The van der Waals surface area contributed by atoms with Gasteiger partial charge in [-0.2, -0.15) is 0 Å². The number of aromatic nitrogens is 1. The second kappa shape index (κ2) is 9.21. The summed E-state index contributed by atoms with van der Waals surface area (Å²) in [5.41, 5.74) is 1.85. The zero-order chi connectivity index (χ0) is 19.2. The van der Waals surface area contributed by atoms with Crippen molar-refractivity contribution in [3.63, 3.8) is 0 Å². The third-order valence-electron chi connectivity index (χ3n) is 4.08. The maximum Gasteiger partial charge on any atom is 0.234 e. The largest absolute Gasteiger partial charge is 0.343 e. The summed E-state index contributed by atoms with van der Waals surface area (Å²) in [6.45, 7) is 2.98. The van der Waals surface area contributed by atoms with Crippen LogP contribution in [0, 0.1) is 5.82 Å². The molecule has 0 aliphatic heterocycles. The highest BCUT2D eigenvalue weighted by molar-refractivity contribution is 7.10. The van der Waals surface area contributed by atoms with Crippen molar-refractivity contribution in [2.24, 2.45) is 0 Å². The normalized spacial score (nSPS) is 12.3. The van der Waals surface area contributed by atoms with Crippen LogP contribution >= 0.6 is 22.7 Å². The molecule has 0 bridgehead atoms. The highest BCUT2D eigenvalue weighted by Gasteiger charge is 2.19. The van der Waals surface area contributed by atoms with Crippen LogP contribution in [0.15, 0.2) is 47.2 Å². The standard InChI is InChI=1S/C20H22FN3OS2/c1-3-19-22-16(13-27-19)11-24(2)12-18(25)23-20(17-5-4-10-26-17)14-6-8-15(21)9-7-14/h4-10,13,20H,3,11-12H2,1-2H3,(H,23,25). The van der Waals surface area contributed by atoms with Gasteiger partial charge in [0.1, 0.15) is 5.82 Å². The number of hydrogen-bond donors (Lipinski definition) is 1. The fourth-order valence-electron chi connectivity index (χ4n) is 2.80. The van der Waals surface area contributed by atoms with Gasteiger partial charge in [-0.05, 0) is 42.6 Å². The molecule has 1 aromatic carbocycles. The predicted molar refractivity (Wildman–Crippen MR) is 109 cm³/mol. The second-order valence-corrected chi connectivity index (χ2v) is 8.25. The van der Waals surface area contributed by atoms with Gasteiger partial charge >= 0.3 is 0 Å². The number of benzene rings is 1. The Bertz CT molecular complexity index is 862. The second-order valence-electron chi connectivity index (χ2n) is 6.33. The minimum Gasteiger partial charge on any atom is -0.343 e. The predicted octanol–water partition coefficient (Wildman–Crippen LogP) is 4.24. The maximum atomic E-state index is 13.3. The number of amides is 1. The monoisotopic (exact) mass is 403 g/mol. The van der Waals surface area contributed by atoms with E-state index in [9.17, 15) is 9.18 Å². The molecular weight excluding hydrogens is 381 g/mol. The number of hydrogen-bond acceptors (Lipinski definition) is 5. The zero-order valence-corrected chi connectivity index (χ0v) is 16.9. The molecule has 0 spiro atoms. The van der Waals surface area contributed by atoms with Crippen LogP contribution in [0.4, 0.5) is 4.39 Å². The van der Waals surface area contributed by atoms with Crippen LogP contribution in [-0.2, 0) is 17.8 Å². The van der Waals surface area contributed by atoms with Crippen LogP contribution in [0.2, 0.25) is 0 Å². The van der Waals surface area contributed by atoms with Crippen LogP contribution in [0.5, 0.6) is 0 Å². The molecule has 3 rings (SSSR count). The molecule has 1 amide bonds. The highest BCUT2D eigenvalue weighted by atomic mass is 32.1. The molecule has 142 valence electrons. The summed E-state index contributed by atoms with van der Waals surface area (Å²) in [7, 11) is 1.91. The van der Waals surface area contributed by atoms with Crippen molar-refractivity contribution >= 4 is 28.6 Å². The number of likely N-dealkylation sites (N-methyl/N-ethyl adjacent to an activating group) is 1. The van der Waals surface area contributed by atoms with Gasteiger partial charge in [0.25, 0.3) is 0 Å². The van der Waals surface area contributed by atoms with E-state index < -0.39 is 0 Å². The number of nitrogens with zero attached hydrogens (tertiary/aromatic N) is 2. The fourth-order valence-corrected chi connectivity index (χ4v) is 4.34. The lowest BCUT2D eigenvalue weighted by Gasteiger charge is -2.21. The van der Waals surface area contributed by atoms with E-state index in [4.69, 9.17) is 0 Å². The Balaban J connectivity index is 1.64. The van der Waals surface area contributed by atoms with Crippen molar-refractivity contribution in [1.29, 1.82) is 0 Å². The van der Waals surface area contributed by atoms with Crippen molar-refractivity contribution in [3.8, 4) is 0 Å². The SMILES string of the molecule is CCc1nc(CN(C)CC(=O)NC(c2ccc(F)cc2)c2cccs2)cs1. The van der Waals surface area contributed by atoms with E-state index in [1.54, 1.807) is 34.8 Å². The molecule has 1 atom stereocenters. The molecule has 0 saturated carbocycles. The van der Waals surface area contributed by atoms with Crippen LogP contribution in [-0.4, -0.2) is 29.4 Å². The molecule has 0 fully saturated rings. The Kier molecular flexibility index (Phi) is 6.71. The lowest BCUT2D eigenvalue weighted by atomic mass is 10.1. The number of thiophene rings is 1. The molecule has 2 heterocycles. The van der Waals surface area contributed by atoms with Gasteiger partial charge in [-0.25, -0.2) is 9.37 Å². The van der Waals surface area contributed by atoms with E-state index >= 15 is 0 Å². The summed E-state index contributed by atoms with van der Waals surface area (Å²) in [5, 5.41) is 8.20. The summed E-state index contributed by atoms with van der Waals surface area (Å²) in [4.78, 5) is 20.1. The van der Waals surface area contributed by atoms with Gasteiger partial charge in [-0.15, -0.1) is 22.7 Å². The lowest BCUT2D eigenvalue weighted by Crippen LogP contribution is -2.37. The van der Waals surface area contributed by atoms with Crippen molar-refractivity contribution in [1.82, 2.24) is 15.2 Å². The third kappa shape index (κ3) is 5.45. The van der Waals surface area contributed by atoms with Gasteiger partial charge < -0.3 is 5.32 Å². The highest BCUT2D eigenvalue weighted by Crippen LogP contribution is 2.26. The molecule has 4 nitrogen and oxygen atoms in total. The van der Waals surface area contributed by atoms with Gasteiger partial charge in [-0.1, -0.05) is 25.1 Å². The molecule has 0 saturated heterocycles. The first-order valence-corrected chi connectivity index (χ1v) is 10.5. The van der Waals surface area contributed by atoms with Gasteiger partial charge in [0, 0.05) is 16.8 Å². The van der Waals surface area contributed by atoms with E-state index in [0.29, 0.717) is 6.54 Å². The molecule has 7 heteroatoms. The summed E-state index contributed by atoms with van der Waals surface area (Å²) in [6.07, 6.45) is 0.926. The van der Waals surface area contributed by atoms with E-state index in [0.717, 1.165) is 27.6 Å². The van der Waals surface area contributed by atoms with Gasteiger partial charge in [0.05, 0.1) is 23.3 Å². The number of nitrogens with one attached hydrogen (secondary N) is 1. The minimum atomic E-state index is -0.288. The van der Waals surface area contributed by atoms with Crippen LogP contribution < -0.4 is 5.32 Å². The van der Waals surface area contributed by atoms with Gasteiger partial charge in [0.2, 0.25) is 5.91 Å². The Morgan fingerprint density at radius 2 is 2.04 bits per heavy atom. The minimum absolute atomic E-state index is 0.0776. The molecule has 27 heavy (non-hydrogen) atoms. The number of carbonyl (C=O) groups is 1. The lowest BCUT2D eigenvalue weighted by molar-refractivity contribution is -0.122.